The molecule has 0 aliphatic carbocycles. The SMILES string of the molecule is Cc1nc(CNC2CCS(=O)(=O)CC2)oc1C. The zero-order valence-corrected chi connectivity index (χ0v) is 11.0. The Bertz CT molecular complexity index is 459. The summed E-state index contributed by atoms with van der Waals surface area (Å²) in [5.74, 6) is 2.09. The van der Waals surface area contributed by atoms with Crippen molar-refractivity contribution in [3.63, 3.8) is 0 Å². The van der Waals surface area contributed by atoms with Crippen LogP contribution in [0.15, 0.2) is 4.42 Å². The van der Waals surface area contributed by atoms with Crippen molar-refractivity contribution >= 4 is 9.84 Å². The van der Waals surface area contributed by atoms with Crippen LogP contribution < -0.4 is 5.32 Å². The lowest BCUT2D eigenvalue weighted by molar-refractivity contribution is 0.404. The van der Waals surface area contributed by atoms with E-state index in [1.165, 1.54) is 0 Å². The van der Waals surface area contributed by atoms with Crippen LogP contribution in [0.25, 0.3) is 0 Å². The summed E-state index contributed by atoms with van der Waals surface area (Å²) in [6.45, 7) is 4.37. The van der Waals surface area contributed by atoms with Crippen molar-refractivity contribution in [3.8, 4) is 0 Å². The predicted molar refractivity (Wildman–Crippen MR) is 64.5 cm³/mol. The standard InChI is InChI=1S/C11H18N2O3S/c1-8-9(2)16-11(13-8)7-12-10-3-5-17(14,15)6-4-10/h10,12H,3-7H2,1-2H3. The Labute approximate surface area is 102 Å². The van der Waals surface area contributed by atoms with Gasteiger partial charge in [0.2, 0.25) is 5.89 Å². The van der Waals surface area contributed by atoms with Gasteiger partial charge in [-0.25, -0.2) is 13.4 Å². The van der Waals surface area contributed by atoms with E-state index in [2.05, 4.69) is 10.3 Å². The van der Waals surface area contributed by atoms with Crippen molar-refractivity contribution in [1.82, 2.24) is 10.3 Å². The van der Waals surface area contributed by atoms with Gasteiger partial charge in [-0.2, -0.15) is 0 Å². The van der Waals surface area contributed by atoms with Crippen LogP contribution in [0.3, 0.4) is 0 Å². The maximum atomic E-state index is 11.3. The second kappa shape index (κ2) is 4.78. The minimum Gasteiger partial charge on any atom is -0.444 e. The molecule has 0 atom stereocenters. The number of sulfone groups is 1. The summed E-state index contributed by atoms with van der Waals surface area (Å²) in [5.41, 5.74) is 0.910. The first-order chi connectivity index (χ1) is 7.96. The summed E-state index contributed by atoms with van der Waals surface area (Å²) in [6, 6.07) is 0.256. The highest BCUT2D eigenvalue weighted by Crippen LogP contribution is 2.13. The Kier molecular flexibility index (Phi) is 3.53. The normalized spacial score (nSPS) is 20.6. The summed E-state index contributed by atoms with van der Waals surface area (Å²) in [6.07, 6.45) is 1.36. The summed E-state index contributed by atoms with van der Waals surface area (Å²) >= 11 is 0. The lowest BCUT2D eigenvalue weighted by Gasteiger charge is -2.22. The third kappa shape index (κ3) is 3.29. The molecule has 2 rings (SSSR count). The molecule has 1 aromatic rings. The van der Waals surface area contributed by atoms with Gasteiger partial charge in [-0.05, 0) is 26.7 Å². The third-order valence-corrected chi connectivity index (χ3v) is 4.88. The topological polar surface area (TPSA) is 72.2 Å². The molecule has 0 aromatic carbocycles. The van der Waals surface area contributed by atoms with E-state index in [-0.39, 0.29) is 17.5 Å². The highest BCUT2D eigenvalue weighted by atomic mass is 32.2. The minimum absolute atomic E-state index is 0.256. The van der Waals surface area contributed by atoms with Crippen molar-refractivity contribution in [2.45, 2.75) is 39.3 Å². The van der Waals surface area contributed by atoms with Crippen LogP contribution in [-0.2, 0) is 16.4 Å². The number of hydrogen-bond donors (Lipinski definition) is 1. The molecule has 1 aliphatic rings. The average Bonchev–Trinajstić information content (AvgIpc) is 2.57. The van der Waals surface area contributed by atoms with Crippen LogP contribution in [0.1, 0.15) is 30.2 Å². The Morgan fingerprint density at radius 2 is 2.00 bits per heavy atom. The van der Waals surface area contributed by atoms with Gasteiger partial charge in [0.25, 0.3) is 0 Å². The summed E-state index contributed by atoms with van der Waals surface area (Å²) in [4.78, 5) is 4.28. The van der Waals surface area contributed by atoms with Gasteiger partial charge < -0.3 is 9.73 Å². The summed E-state index contributed by atoms with van der Waals surface area (Å²) in [7, 11) is -2.78. The fraction of sp³-hybridized carbons (Fsp3) is 0.727. The molecule has 0 spiro atoms. The van der Waals surface area contributed by atoms with E-state index in [0.717, 1.165) is 11.5 Å². The largest absolute Gasteiger partial charge is 0.444 e. The molecule has 0 radical (unpaired) electrons. The van der Waals surface area contributed by atoms with Crippen molar-refractivity contribution in [2.24, 2.45) is 0 Å². The fourth-order valence-corrected chi connectivity index (χ4v) is 3.43. The van der Waals surface area contributed by atoms with Crippen LogP contribution in [0, 0.1) is 13.8 Å². The van der Waals surface area contributed by atoms with Crippen molar-refractivity contribution in [3.05, 3.63) is 17.3 Å². The highest BCUT2D eigenvalue weighted by Gasteiger charge is 2.23. The molecule has 1 fully saturated rings. The van der Waals surface area contributed by atoms with Gasteiger partial charge in [-0.1, -0.05) is 0 Å². The van der Waals surface area contributed by atoms with Crippen LogP contribution in [-0.4, -0.2) is 30.9 Å². The molecule has 0 saturated carbocycles. The lowest BCUT2D eigenvalue weighted by Crippen LogP contribution is -2.37. The van der Waals surface area contributed by atoms with Gasteiger partial charge >= 0.3 is 0 Å². The quantitative estimate of drug-likeness (QED) is 0.874. The molecular formula is C11H18N2O3S. The molecule has 1 aromatic heterocycles. The molecular weight excluding hydrogens is 240 g/mol. The van der Waals surface area contributed by atoms with Crippen LogP contribution >= 0.6 is 0 Å². The Morgan fingerprint density at radius 3 is 2.53 bits per heavy atom. The van der Waals surface area contributed by atoms with E-state index >= 15 is 0 Å². The van der Waals surface area contributed by atoms with Crippen LogP contribution in [0.2, 0.25) is 0 Å². The van der Waals surface area contributed by atoms with Crippen LogP contribution in [0.5, 0.6) is 0 Å². The summed E-state index contributed by atoms with van der Waals surface area (Å²) < 4.78 is 28.0. The third-order valence-electron chi connectivity index (χ3n) is 3.17. The Balaban J connectivity index is 1.83. The first kappa shape index (κ1) is 12.6. The molecule has 1 saturated heterocycles. The molecule has 17 heavy (non-hydrogen) atoms. The molecule has 2 heterocycles. The predicted octanol–water partition coefficient (Wildman–Crippen LogP) is 0.958. The van der Waals surface area contributed by atoms with E-state index in [9.17, 15) is 8.42 Å². The number of rotatable bonds is 3. The van der Waals surface area contributed by atoms with Crippen molar-refractivity contribution in [2.75, 3.05) is 11.5 Å². The number of aryl methyl sites for hydroxylation is 2. The molecule has 0 unspecified atom stereocenters. The van der Waals surface area contributed by atoms with Gasteiger partial charge in [0.15, 0.2) is 0 Å². The van der Waals surface area contributed by atoms with Gasteiger partial charge in [-0.3, -0.25) is 0 Å². The number of aromatic nitrogens is 1. The smallest absolute Gasteiger partial charge is 0.208 e. The zero-order chi connectivity index (χ0) is 12.5. The monoisotopic (exact) mass is 258 g/mol. The maximum absolute atomic E-state index is 11.3. The van der Waals surface area contributed by atoms with E-state index in [1.807, 2.05) is 13.8 Å². The first-order valence-corrected chi connectivity index (χ1v) is 7.65. The molecule has 96 valence electrons. The number of hydrogen-bond acceptors (Lipinski definition) is 5. The zero-order valence-electron chi connectivity index (χ0n) is 10.2. The molecule has 5 nitrogen and oxygen atoms in total. The Morgan fingerprint density at radius 1 is 1.35 bits per heavy atom. The summed E-state index contributed by atoms with van der Waals surface area (Å²) in [5, 5.41) is 3.30. The average molecular weight is 258 g/mol. The maximum Gasteiger partial charge on any atom is 0.208 e. The number of nitrogens with zero attached hydrogens (tertiary/aromatic N) is 1. The second-order valence-electron chi connectivity index (χ2n) is 4.56. The molecule has 0 amide bonds. The first-order valence-electron chi connectivity index (χ1n) is 5.83. The van der Waals surface area contributed by atoms with Crippen molar-refractivity contribution in [1.29, 1.82) is 0 Å². The molecule has 1 aliphatic heterocycles. The van der Waals surface area contributed by atoms with Gasteiger partial charge in [-0.15, -0.1) is 0 Å². The molecule has 6 heteroatoms. The van der Waals surface area contributed by atoms with E-state index in [4.69, 9.17) is 4.42 Å². The van der Waals surface area contributed by atoms with E-state index in [1.54, 1.807) is 0 Å². The van der Waals surface area contributed by atoms with E-state index in [0.29, 0.717) is 25.3 Å². The Hall–Kier alpha value is -0.880. The van der Waals surface area contributed by atoms with Crippen LogP contribution in [0.4, 0.5) is 0 Å². The second-order valence-corrected chi connectivity index (χ2v) is 6.86. The fourth-order valence-electron chi connectivity index (χ4n) is 1.94. The van der Waals surface area contributed by atoms with Crippen molar-refractivity contribution < 1.29 is 12.8 Å². The van der Waals surface area contributed by atoms with Gasteiger partial charge in [0.1, 0.15) is 15.6 Å². The minimum atomic E-state index is -2.78. The highest BCUT2D eigenvalue weighted by molar-refractivity contribution is 7.91. The van der Waals surface area contributed by atoms with Gasteiger partial charge in [0.05, 0.1) is 23.7 Å². The number of nitrogens with one attached hydrogen (secondary N) is 1. The van der Waals surface area contributed by atoms with E-state index < -0.39 is 9.84 Å². The molecule has 1 N–H and O–H groups in total. The molecule has 0 bridgehead atoms. The van der Waals surface area contributed by atoms with Gasteiger partial charge in [0, 0.05) is 6.04 Å². The number of oxazole rings is 1. The lowest BCUT2D eigenvalue weighted by atomic mass is 10.1.